The van der Waals surface area contributed by atoms with Gasteiger partial charge in [0.15, 0.2) is 5.82 Å². The Bertz CT molecular complexity index is 748. The van der Waals surface area contributed by atoms with Crippen molar-refractivity contribution in [2.75, 3.05) is 13.2 Å². The van der Waals surface area contributed by atoms with E-state index < -0.39 is 6.10 Å². The molecule has 4 heterocycles. The molecular formula is C16H18N4O4. The maximum Gasteiger partial charge on any atom is 0.255 e. The Morgan fingerprint density at radius 2 is 2.17 bits per heavy atom. The molecule has 4 atom stereocenters. The van der Waals surface area contributed by atoms with Gasteiger partial charge in [-0.3, -0.25) is 4.79 Å². The van der Waals surface area contributed by atoms with Crippen LogP contribution >= 0.6 is 0 Å². The lowest BCUT2D eigenvalue weighted by molar-refractivity contribution is 0.0178. The minimum Gasteiger partial charge on any atom is -0.388 e. The first-order chi connectivity index (χ1) is 11.6. The van der Waals surface area contributed by atoms with Crippen molar-refractivity contribution in [3.63, 3.8) is 0 Å². The topological polar surface area (TPSA) is 98.5 Å². The lowest BCUT2D eigenvalue weighted by Crippen LogP contribution is -2.44. The second kappa shape index (κ2) is 5.97. The average molecular weight is 330 g/mol. The third-order valence-electron chi connectivity index (χ3n) is 4.46. The van der Waals surface area contributed by atoms with Crippen LogP contribution in [0.25, 0.3) is 5.82 Å². The molecule has 0 aromatic carbocycles. The fourth-order valence-corrected chi connectivity index (χ4v) is 3.19. The summed E-state index contributed by atoms with van der Waals surface area (Å²) in [6, 6.07) is 5.23. The molecule has 0 bridgehead atoms. The highest BCUT2D eigenvalue weighted by atomic mass is 16.6. The van der Waals surface area contributed by atoms with Gasteiger partial charge in [-0.2, -0.15) is 5.10 Å². The van der Waals surface area contributed by atoms with Crippen molar-refractivity contribution in [2.45, 2.75) is 31.3 Å². The van der Waals surface area contributed by atoms with Crippen molar-refractivity contribution in [1.29, 1.82) is 0 Å². The van der Waals surface area contributed by atoms with E-state index in [1.165, 1.54) is 6.20 Å². The molecule has 8 heteroatoms. The highest BCUT2D eigenvalue weighted by molar-refractivity contribution is 5.95. The van der Waals surface area contributed by atoms with E-state index in [0.717, 1.165) is 0 Å². The zero-order valence-corrected chi connectivity index (χ0v) is 13.1. The third-order valence-corrected chi connectivity index (χ3v) is 4.46. The summed E-state index contributed by atoms with van der Waals surface area (Å²) < 4.78 is 12.7. The number of hydrogen-bond donors (Lipinski definition) is 2. The number of aromatic nitrogens is 3. The van der Waals surface area contributed by atoms with E-state index in [1.807, 2.05) is 25.1 Å². The Morgan fingerprint density at radius 1 is 1.33 bits per heavy atom. The van der Waals surface area contributed by atoms with Crippen molar-refractivity contribution in [2.24, 2.45) is 0 Å². The van der Waals surface area contributed by atoms with Crippen LogP contribution in [0.15, 0.2) is 30.6 Å². The van der Waals surface area contributed by atoms with Gasteiger partial charge in [0.25, 0.3) is 5.91 Å². The van der Waals surface area contributed by atoms with Crippen LogP contribution in [0, 0.1) is 6.92 Å². The van der Waals surface area contributed by atoms with Gasteiger partial charge in [-0.25, -0.2) is 9.67 Å². The molecule has 8 nitrogen and oxygen atoms in total. The van der Waals surface area contributed by atoms with Crippen LogP contribution in [0.4, 0.5) is 0 Å². The van der Waals surface area contributed by atoms with Gasteiger partial charge in [-0.05, 0) is 19.1 Å². The standard InChI is InChI=1S/C16H18N4O4/c1-9-10(6-18-20(9)13-4-2-3-5-17-13)16(22)19-11-7-23-15-12(21)8-24-14(11)15/h2-6,11-12,14-15,21H,7-8H2,1H3,(H,19,22)/t11-,12+,14+,15+/m0/s1. The van der Waals surface area contributed by atoms with Crippen LogP contribution in [0.3, 0.4) is 0 Å². The van der Waals surface area contributed by atoms with Gasteiger partial charge in [0.05, 0.1) is 36.7 Å². The second-order valence-corrected chi connectivity index (χ2v) is 5.99. The predicted octanol–water partition coefficient (Wildman–Crippen LogP) is -0.167. The minimum absolute atomic E-state index is 0.234. The summed E-state index contributed by atoms with van der Waals surface area (Å²) in [5.74, 6) is 0.412. The van der Waals surface area contributed by atoms with Gasteiger partial charge in [0.2, 0.25) is 0 Å². The van der Waals surface area contributed by atoms with E-state index in [9.17, 15) is 9.90 Å². The molecular weight excluding hydrogens is 312 g/mol. The largest absolute Gasteiger partial charge is 0.388 e. The molecule has 126 valence electrons. The highest BCUT2D eigenvalue weighted by Crippen LogP contribution is 2.27. The zero-order valence-electron chi connectivity index (χ0n) is 13.1. The average Bonchev–Trinajstić information content (AvgIpc) is 3.26. The number of rotatable bonds is 3. The van der Waals surface area contributed by atoms with Crippen LogP contribution < -0.4 is 5.32 Å². The van der Waals surface area contributed by atoms with Gasteiger partial charge in [0, 0.05) is 6.20 Å². The van der Waals surface area contributed by atoms with Gasteiger partial charge in [-0.1, -0.05) is 6.07 Å². The molecule has 2 aliphatic rings. The van der Waals surface area contributed by atoms with E-state index >= 15 is 0 Å². The summed E-state index contributed by atoms with van der Waals surface area (Å²) in [7, 11) is 0. The molecule has 24 heavy (non-hydrogen) atoms. The highest BCUT2D eigenvalue weighted by Gasteiger charge is 2.47. The molecule has 2 aliphatic heterocycles. The minimum atomic E-state index is -0.634. The smallest absolute Gasteiger partial charge is 0.255 e. The Kier molecular flexibility index (Phi) is 3.79. The second-order valence-electron chi connectivity index (χ2n) is 5.99. The fraction of sp³-hybridized carbons (Fsp3) is 0.438. The number of carbonyl (C=O) groups is 1. The van der Waals surface area contributed by atoms with Crippen LogP contribution in [0.2, 0.25) is 0 Å². The molecule has 2 aromatic heterocycles. The lowest BCUT2D eigenvalue weighted by Gasteiger charge is -2.17. The molecule has 2 fully saturated rings. The van der Waals surface area contributed by atoms with Gasteiger partial charge < -0.3 is 19.9 Å². The predicted molar refractivity (Wildman–Crippen MR) is 82.8 cm³/mol. The van der Waals surface area contributed by atoms with Crippen LogP contribution in [0.5, 0.6) is 0 Å². The molecule has 0 radical (unpaired) electrons. The molecule has 0 saturated carbocycles. The monoisotopic (exact) mass is 330 g/mol. The molecule has 2 aromatic rings. The molecule has 2 saturated heterocycles. The van der Waals surface area contributed by atoms with E-state index in [-0.39, 0.29) is 30.8 Å². The summed E-state index contributed by atoms with van der Waals surface area (Å²) in [4.78, 5) is 16.8. The number of pyridine rings is 1. The summed E-state index contributed by atoms with van der Waals surface area (Å²) >= 11 is 0. The van der Waals surface area contributed by atoms with Crippen molar-refractivity contribution in [1.82, 2.24) is 20.1 Å². The van der Waals surface area contributed by atoms with E-state index in [0.29, 0.717) is 23.7 Å². The first-order valence-corrected chi connectivity index (χ1v) is 7.83. The number of amides is 1. The maximum absolute atomic E-state index is 12.6. The summed E-state index contributed by atoms with van der Waals surface area (Å²) in [5, 5.41) is 16.9. The Morgan fingerprint density at radius 3 is 2.96 bits per heavy atom. The molecule has 0 spiro atoms. The lowest BCUT2D eigenvalue weighted by atomic mass is 10.1. The van der Waals surface area contributed by atoms with Gasteiger partial charge >= 0.3 is 0 Å². The number of aliphatic hydroxyl groups is 1. The van der Waals surface area contributed by atoms with Crippen molar-refractivity contribution in [3.8, 4) is 5.82 Å². The number of nitrogens with one attached hydrogen (secondary N) is 1. The van der Waals surface area contributed by atoms with Gasteiger partial charge in [-0.15, -0.1) is 0 Å². The molecule has 2 N–H and O–H groups in total. The fourth-order valence-electron chi connectivity index (χ4n) is 3.19. The zero-order chi connectivity index (χ0) is 16.7. The van der Waals surface area contributed by atoms with Gasteiger partial charge in [0.1, 0.15) is 18.3 Å². The number of carbonyl (C=O) groups excluding carboxylic acids is 1. The summed E-state index contributed by atoms with van der Waals surface area (Å²) in [6.45, 7) is 2.38. The normalized spacial score (nSPS) is 28.8. The summed E-state index contributed by atoms with van der Waals surface area (Å²) in [5.41, 5.74) is 1.18. The number of aliphatic hydroxyl groups excluding tert-OH is 1. The summed E-state index contributed by atoms with van der Waals surface area (Å²) in [6.07, 6.45) is 1.89. The van der Waals surface area contributed by atoms with Crippen molar-refractivity contribution in [3.05, 3.63) is 41.9 Å². The third kappa shape index (κ3) is 2.48. The Labute approximate surface area is 138 Å². The van der Waals surface area contributed by atoms with Crippen LogP contribution in [-0.4, -0.2) is 63.3 Å². The quantitative estimate of drug-likeness (QED) is 0.811. The first-order valence-electron chi connectivity index (χ1n) is 7.83. The molecule has 4 rings (SSSR count). The molecule has 1 amide bonds. The number of fused-ring (bicyclic) bond motifs is 1. The maximum atomic E-state index is 12.6. The Hall–Kier alpha value is -2.29. The van der Waals surface area contributed by atoms with E-state index in [4.69, 9.17) is 9.47 Å². The number of nitrogens with zero attached hydrogens (tertiary/aromatic N) is 3. The Balaban J connectivity index is 1.51. The van der Waals surface area contributed by atoms with E-state index in [2.05, 4.69) is 15.4 Å². The van der Waals surface area contributed by atoms with Crippen LogP contribution in [0.1, 0.15) is 16.1 Å². The van der Waals surface area contributed by atoms with Crippen molar-refractivity contribution < 1.29 is 19.4 Å². The van der Waals surface area contributed by atoms with Crippen molar-refractivity contribution >= 4 is 5.91 Å². The first kappa shape index (κ1) is 15.3. The molecule has 0 unspecified atom stereocenters. The number of hydrogen-bond acceptors (Lipinski definition) is 6. The SMILES string of the molecule is Cc1c(C(=O)N[C@H]2CO[C@H]3[C@@H]2OC[C@H]3O)cnn1-c1ccccn1. The van der Waals surface area contributed by atoms with E-state index in [1.54, 1.807) is 10.9 Å². The van der Waals surface area contributed by atoms with Crippen LogP contribution in [-0.2, 0) is 9.47 Å². The molecule has 0 aliphatic carbocycles. The number of ether oxygens (including phenoxy) is 2.